The van der Waals surface area contributed by atoms with E-state index >= 15 is 0 Å². The molecule has 7 heteroatoms. The lowest BCUT2D eigenvalue weighted by molar-refractivity contribution is 0.287. The van der Waals surface area contributed by atoms with Crippen LogP contribution in [0.15, 0.2) is 47.7 Å². The summed E-state index contributed by atoms with van der Waals surface area (Å²) >= 11 is 1.69. The third-order valence-electron chi connectivity index (χ3n) is 6.90. The van der Waals surface area contributed by atoms with E-state index in [9.17, 15) is 4.79 Å². The van der Waals surface area contributed by atoms with E-state index in [1.54, 1.807) is 17.7 Å². The van der Waals surface area contributed by atoms with Gasteiger partial charge in [0.2, 0.25) is 0 Å². The summed E-state index contributed by atoms with van der Waals surface area (Å²) in [6.07, 6.45) is 8.19. The minimum atomic E-state index is 0.129. The number of likely N-dealkylation sites (N-methyl/N-ethyl adjacent to an activating group) is 1. The van der Waals surface area contributed by atoms with Crippen molar-refractivity contribution in [2.45, 2.75) is 25.9 Å². The summed E-state index contributed by atoms with van der Waals surface area (Å²) in [7, 11) is 2.13. The fraction of sp³-hybridized carbons (Fsp3) is 0.360. The number of H-pyrrole nitrogens is 1. The molecule has 0 bridgehead atoms. The van der Waals surface area contributed by atoms with Crippen LogP contribution in [0.25, 0.3) is 26.7 Å². The first-order valence-electron chi connectivity index (χ1n) is 11.3. The molecule has 0 spiro atoms. The Labute approximate surface area is 190 Å². The Morgan fingerprint density at radius 2 is 2.06 bits per heavy atom. The van der Waals surface area contributed by atoms with Crippen LogP contribution in [0, 0.1) is 0 Å². The second-order valence-corrected chi connectivity index (χ2v) is 10.0. The zero-order chi connectivity index (χ0) is 21.7. The number of nitrogens with zero attached hydrogens (tertiary/aromatic N) is 4. The summed E-state index contributed by atoms with van der Waals surface area (Å²) in [5.41, 5.74) is 5.28. The first-order chi connectivity index (χ1) is 15.7. The topological polar surface area (TPSA) is 57.2 Å². The van der Waals surface area contributed by atoms with Crippen LogP contribution in [-0.2, 0) is 19.5 Å². The van der Waals surface area contributed by atoms with E-state index in [0.29, 0.717) is 6.54 Å². The molecule has 6 nitrogen and oxygen atoms in total. The van der Waals surface area contributed by atoms with Gasteiger partial charge in [-0.1, -0.05) is 24.3 Å². The maximum absolute atomic E-state index is 13.2. The summed E-state index contributed by atoms with van der Waals surface area (Å²) in [5, 5.41) is 2.16. The van der Waals surface area contributed by atoms with Gasteiger partial charge in [-0.2, -0.15) is 0 Å². The van der Waals surface area contributed by atoms with Crippen molar-refractivity contribution in [3.05, 3.63) is 69.2 Å². The molecule has 1 aromatic carbocycles. The van der Waals surface area contributed by atoms with Crippen molar-refractivity contribution in [3.63, 3.8) is 0 Å². The molecule has 0 radical (unpaired) electrons. The predicted octanol–water partition coefficient (Wildman–Crippen LogP) is 3.72. The Balaban J connectivity index is 1.17. The van der Waals surface area contributed by atoms with Crippen LogP contribution in [-0.4, -0.2) is 57.6 Å². The van der Waals surface area contributed by atoms with Gasteiger partial charge in [0.1, 0.15) is 4.83 Å². The molecule has 164 valence electrons. The summed E-state index contributed by atoms with van der Waals surface area (Å²) in [5.74, 6) is 0. The van der Waals surface area contributed by atoms with E-state index in [-0.39, 0.29) is 5.56 Å². The normalized spacial score (nSPS) is 17.7. The highest BCUT2D eigenvalue weighted by molar-refractivity contribution is 7.18. The Kier molecular flexibility index (Phi) is 4.97. The maximum Gasteiger partial charge on any atom is 0.262 e. The van der Waals surface area contributed by atoms with E-state index in [2.05, 4.69) is 63.4 Å². The lowest BCUT2D eigenvalue weighted by Gasteiger charge is -2.26. The molecule has 3 aromatic heterocycles. The van der Waals surface area contributed by atoms with E-state index in [0.717, 1.165) is 55.8 Å². The average molecular weight is 446 g/mol. The van der Waals surface area contributed by atoms with E-state index in [1.165, 1.54) is 32.5 Å². The fourth-order valence-corrected chi connectivity index (χ4v) is 6.31. The molecule has 2 aliphatic heterocycles. The number of para-hydroxylation sites is 1. The van der Waals surface area contributed by atoms with Gasteiger partial charge in [0.25, 0.3) is 5.56 Å². The van der Waals surface area contributed by atoms with Crippen molar-refractivity contribution < 1.29 is 0 Å². The molecule has 5 heterocycles. The molecule has 6 rings (SSSR count). The molecular formula is C25H27N5OS. The van der Waals surface area contributed by atoms with Gasteiger partial charge in [0.05, 0.1) is 11.7 Å². The van der Waals surface area contributed by atoms with Gasteiger partial charge < -0.3 is 9.88 Å². The summed E-state index contributed by atoms with van der Waals surface area (Å²) in [6.45, 7) is 5.40. The smallest absolute Gasteiger partial charge is 0.262 e. The highest BCUT2D eigenvalue weighted by Crippen LogP contribution is 2.32. The molecule has 32 heavy (non-hydrogen) atoms. The van der Waals surface area contributed by atoms with Crippen molar-refractivity contribution in [1.29, 1.82) is 0 Å². The van der Waals surface area contributed by atoms with Gasteiger partial charge in [-0.25, -0.2) is 4.98 Å². The van der Waals surface area contributed by atoms with Crippen LogP contribution in [0.4, 0.5) is 0 Å². The third-order valence-corrected chi connectivity index (χ3v) is 8.03. The van der Waals surface area contributed by atoms with E-state index in [1.807, 2.05) is 4.57 Å². The Bertz CT molecular complexity index is 1390. The molecule has 1 N–H and O–H groups in total. The number of fused-ring (bicyclic) bond motifs is 4. The zero-order valence-electron chi connectivity index (χ0n) is 18.3. The van der Waals surface area contributed by atoms with Crippen LogP contribution >= 0.6 is 11.3 Å². The highest BCUT2D eigenvalue weighted by atomic mass is 32.1. The Morgan fingerprint density at radius 1 is 1.16 bits per heavy atom. The third kappa shape index (κ3) is 3.41. The number of nitrogens with one attached hydrogen (secondary N) is 1. The quantitative estimate of drug-likeness (QED) is 0.520. The predicted molar refractivity (Wildman–Crippen MR) is 131 cm³/mol. The first kappa shape index (κ1) is 19.9. The van der Waals surface area contributed by atoms with Crippen molar-refractivity contribution in [3.8, 4) is 0 Å². The molecule has 4 aromatic rings. The SMILES string of the molecule is CN1CCc2c(sc3ncn(CCN4CC=C(c5c[nH]c6ccccc56)CC4)c(=O)c23)C1. The molecule has 2 aliphatic rings. The van der Waals surface area contributed by atoms with Gasteiger partial charge in [-0.3, -0.25) is 14.3 Å². The van der Waals surface area contributed by atoms with Gasteiger partial charge in [-0.15, -0.1) is 11.3 Å². The number of thiophene rings is 1. The lowest BCUT2D eigenvalue weighted by atomic mass is 9.99. The standard InChI is InChI=1S/C25H27N5OS/c1-28-9-8-19-22(15-28)32-24-23(19)25(31)30(16-27-24)13-12-29-10-6-17(7-11-29)20-14-26-21-5-3-2-4-18(20)21/h2-6,14,16,26H,7-13,15H2,1H3. The van der Waals surface area contributed by atoms with Crippen LogP contribution in [0.2, 0.25) is 0 Å². The van der Waals surface area contributed by atoms with Crippen molar-refractivity contribution >= 4 is 38.0 Å². The minimum absolute atomic E-state index is 0.129. The average Bonchev–Trinajstić information content (AvgIpc) is 3.40. The van der Waals surface area contributed by atoms with Crippen LogP contribution < -0.4 is 5.56 Å². The number of aromatic nitrogens is 3. The second kappa shape index (κ2) is 7.99. The molecule has 0 aliphatic carbocycles. The minimum Gasteiger partial charge on any atom is -0.361 e. The largest absolute Gasteiger partial charge is 0.361 e. The second-order valence-electron chi connectivity index (χ2n) is 8.94. The van der Waals surface area contributed by atoms with Gasteiger partial charge in [0, 0.05) is 66.8 Å². The van der Waals surface area contributed by atoms with Gasteiger partial charge in [-0.05, 0) is 37.1 Å². The molecule has 0 saturated carbocycles. The zero-order valence-corrected chi connectivity index (χ0v) is 19.1. The number of hydrogen-bond donors (Lipinski definition) is 1. The van der Waals surface area contributed by atoms with Gasteiger partial charge in [0.15, 0.2) is 0 Å². The number of rotatable bonds is 4. The van der Waals surface area contributed by atoms with E-state index < -0.39 is 0 Å². The number of benzene rings is 1. The lowest BCUT2D eigenvalue weighted by Crippen LogP contribution is -2.34. The maximum atomic E-state index is 13.2. The van der Waals surface area contributed by atoms with Crippen molar-refractivity contribution in [2.24, 2.45) is 0 Å². The fourth-order valence-electron chi connectivity index (χ4n) is 5.05. The molecule has 0 fully saturated rings. The van der Waals surface area contributed by atoms with Gasteiger partial charge >= 0.3 is 0 Å². The van der Waals surface area contributed by atoms with Crippen molar-refractivity contribution in [1.82, 2.24) is 24.3 Å². The summed E-state index contributed by atoms with van der Waals surface area (Å²) < 4.78 is 1.81. The Hall–Kier alpha value is -2.74. The van der Waals surface area contributed by atoms with E-state index in [4.69, 9.17) is 0 Å². The van der Waals surface area contributed by atoms with Crippen LogP contribution in [0.3, 0.4) is 0 Å². The molecule has 0 atom stereocenters. The Morgan fingerprint density at radius 3 is 2.94 bits per heavy atom. The van der Waals surface area contributed by atoms with Crippen LogP contribution in [0.5, 0.6) is 0 Å². The first-order valence-corrected chi connectivity index (χ1v) is 12.1. The monoisotopic (exact) mass is 445 g/mol. The molecule has 0 saturated heterocycles. The van der Waals surface area contributed by atoms with Crippen molar-refractivity contribution in [2.75, 3.05) is 33.2 Å². The summed E-state index contributed by atoms with van der Waals surface area (Å²) in [4.78, 5) is 28.2. The van der Waals surface area contributed by atoms with Crippen LogP contribution in [0.1, 0.15) is 22.4 Å². The number of aromatic amines is 1. The molecule has 0 amide bonds. The highest BCUT2D eigenvalue weighted by Gasteiger charge is 2.22. The molecule has 0 unspecified atom stereocenters. The number of hydrogen-bond acceptors (Lipinski definition) is 5. The molecular weight excluding hydrogens is 418 g/mol. The summed E-state index contributed by atoms with van der Waals surface area (Å²) in [6, 6.07) is 8.48.